The largest absolute Gasteiger partial charge is 0.493 e. The summed E-state index contributed by atoms with van der Waals surface area (Å²) < 4.78 is 39.3. The molecule has 0 aliphatic heterocycles. The number of nitrogens with zero attached hydrogens (tertiary/aromatic N) is 1. The van der Waals surface area contributed by atoms with Crippen molar-refractivity contribution in [1.82, 2.24) is 4.31 Å². The Balaban J connectivity index is 2.05. The van der Waals surface area contributed by atoms with Gasteiger partial charge >= 0.3 is 0 Å². The summed E-state index contributed by atoms with van der Waals surface area (Å²) in [5.41, 5.74) is 1.68. The molecule has 3 aromatic rings. The van der Waals surface area contributed by atoms with E-state index in [1.54, 1.807) is 38.5 Å². The van der Waals surface area contributed by atoms with Gasteiger partial charge in [0.15, 0.2) is 11.5 Å². The first-order chi connectivity index (χ1) is 14.4. The maximum absolute atomic E-state index is 13.6. The number of rotatable bonds is 8. The molecular formula is C23H24ClNO4S. The summed E-state index contributed by atoms with van der Waals surface area (Å²) in [6.45, 7) is 2.05. The van der Waals surface area contributed by atoms with Crippen LogP contribution in [0.4, 0.5) is 0 Å². The van der Waals surface area contributed by atoms with E-state index < -0.39 is 10.0 Å². The van der Waals surface area contributed by atoms with Crippen molar-refractivity contribution < 1.29 is 17.9 Å². The minimum atomic E-state index is -3.80. The lowest BCUT2D eigenvalue weighted by Gasteiger charge is -2.29. The van der Waals surface area contributed by atoms with E-state index in [9.17, 15) is 8.42 Å². The summed E-state index contributed by atoms with van der Waals surface area (Å²) in [4.78, 5) is 0.190. The molecule has 1 atom stereocenters. The van der Waals surface area contributed by atoms with Crippen LogP contribution in [-0.4, -0.2) is 26.9 Å². The Morgan fingerprint density at radius 1 is 0.900 bits per heavy atom. The molecule has 0 bridgehead atoms. The second-order valence-electron chi connectivity index (χ2n) is 6.78. The van der Waals surface area contributed by atoms with Gasteiger partial charge in [-0.25, -0.2) is 8.42 Å². The first kappa shape index (κ1) is 22.2. The van der Waals surface area contributed by atoms with Crippen LogP contribution in [0.15, 0.2) is 77.7 Å². The third-order valence-electron chi connectivity index (χ3n) is 4.92. The molecule has 0 saturated heterocycles. The van der Waals surface area contributed by atoms with E-state index >= 15 is 0 Å². The predicted octanol–water partition coefficient (Wildman–Crippen LogP) is 5.31. The van der Waals surface area contributed by atoms with Gasteiger partial charge in [-0.1, -0.05) is 48.0 Å². The van der Waals surface area contributed by atoms with E-state index in [0.717, 1.165) is 11.1 Å². The lowest BCUT2D eigenvalue weighted by Crippen LogP contribution is -2.33. The fourth-order valence-corrected chi connectivity index (χ4v) is 4.96. The minimum absolute atomic E-state index is 0.168. The molecule has 1 unspecified atom stereocenters. The summed E-state index contributed by atoms with van der Waals surface area (Å²) >= 11 is 5.96. The Hall–Kier alpha value is -2.54. The Morgan fingerprint density at radius 2 is 1.53 bits per heavy atom. The standard InChI is InChI=1S/C23H24ClNO4S/c1-17(19-7-5-4-6-8-19)25(30(26,27)21-12-10-20(24)11-13-21)16-18-9-14-22(28-2)23(15-18)29-3/h4-15,17H,16H2,1-3H3. The van der Waals surface area contributed by atoms with Crippen molar-refractivity contribution in [2.75, 3.05) is 14.2 Å². The summed E-state index contributed by atoms with van der Waals surface area (Å²) in [7, 11) is -0.682. The fourth-order valence-electron chi connectivity index (χ4n) is 3.23. The van der Waals surface area contributed by atoms with Gasteiger partial charge in [-0.2, -0.15) is 4.31 Å². The lowest BCUT2D eigenvalue weighted by molar-refractivity contribution is 0.332. The number of hydrogen-bond acceptors (Lipinski definition) is 4. The van der Waals surface area contributed by atoms with Gasteiger partial charge in [0.1, 0.15) is 0 Å². The second kappa shape index (κ2) is 9.51. The predicted molar refractivity (Wildman–Crippen MR) is 119 cm³/mol. The normalized spacial score (nSPS) is 12.6. The third kappa shape index (κ3) is 4.78. The summed E-state index contributed by atoms with van der Waals surface area (Å²) in [5.74, 6) is 1.13. The van der Waals surface area contributed by atoms with Crippen molar-refractivity contribution in [3.8, 4) is 11.5 Å². The molecule has 0 N–H and O–H groups in total. The van der Waals surface area contributed by atoms with Crippen molar-refractivity contribution in [3.05, 3.63) is 88.9 Å². The quantitative estimate of drug-likeness (QED) is 0.471. The molecule has 158 valence electrons. The highest BCUT2D eigenvalue weighted by molar-refractivity contribution is 7.89. The van der Waals surface area contributed by atoms with E-state index in [1.165, 1.54) is 16.4 Å². The SMILES string of the molecule is COc1ccc(CN(C(C)c2ccccc2)S(=O)(=O)c2ccc(Cl)cc2)cc1OC. The lowest BCUT2D eigenvalue weighted by atomic mass is 10.1. The molecule has 3 aromatic carbocycles. The van der Waals surface area contributed by atoms with Crippen LogP contribution in [0, 0.1) is 0 Å². The van der Waals surface area contributed by atoms with Gasteiger partial charge in [0.05, 0.1) is 19.1 Å². The molecule has 0 fully saturated rings. The average Bonchev–Trinajstić information content (AvgIpc) is 2.77. The van der Waals surface area contributed by atoms with Crippen LogP contribution in [0.3, 0.4) is 0 Å². The molecule has 0 heterocycles. The van der Waals surface area contributed by atoms with Crippen LogP contribution >= 0.6 is 11.6 Å². The average molecular weight is 446 g/mol. The van der Waals surface area contributed by atoms with Crippen LogP contribution in [0.1, 0.15) is 24.1 Å². The van der Waals surface area contributed by atoms with Crippen LogP contribution in [-0.2, 0) is 16.6 Å². The monoisotopic (exact) mass is 445 g/mol. The first-order valence-corrected chi connectivity index (χ1v) is 11.2. The number of hydrogen-bond donors (Lipinski definition) is 0. The molecule has 0 radical (unpaired) electrons. The van der Waals surface area contributed by atoms with Gasteiger partial charge < -0.3 is 9.47 Å². The zero-order valence-electron chi connectivity index (χ0n) is 17.1. The number of benzene rings is 3. The highest BCUT2D eigenvalue weighted by Gasteiger charge is 2.30. The van der Waals surface area contributed by atoms with Crippen LogP contribution in [0.2, 0.25) is 5.02 Å². The van der Waals surface area contributed by atoms with Gasteiger partial charge in [0.25, 0.3) is 0 Å². The molecule has 3 rings (SSSR count). The molecule has 7 heteroatoms. The Bertz CT molecular complexity index is 1090. The maximum Gasteiger partial charge on any atom is 0.243 e. The number of ether oxygens (including phenoxy) is 2. The van der Waals surface area contributed by atoms with Crippen LogP contribution in [0.5, 0.6) is 11.5 Å². The van der Waals surface area contributed by atoms with E-state index in [4.69, 9.17) is 21.1 Å². The van der Waals surface area contributed by atoms with Crippen molar-refractivity contribution in [2.45, 2.75) is 24.4 Å². The smallest absolute Gasteiger partial charge is 0.243 e. The molecule has 0 aliphatic rings. The molecule has 0 amide bonds. The maximum atomic E-state index is 13.6. The molecule has 0 aromatic heterocycles. The van der Waals surface area contributed by atoms with Gasteiger partial charge in [-0.3, -0.25) is 0 Å². The summed E-state index contributed by atoms with van der Waals surface area (Å²) in [5, 5.41) is 0.483. The van der Waals surface area contributed by atoms with Crippen molar-refractivity contribution in [1.29, 1.82) is 0 Å². The second-order valence-corrected chi connectivity index (χ2v) is 9.11. The van der Waals surface area contributed by atoms with E-state index in [0.29, 0.717) is 16.5 Å². The van der Waals surface area contributed by atoms with E-state index in [2.05, 4.69) is 0 Å². The van der Waals surface area contributed by atoms with Crippen LogP contribution in [0.25, 0.3) is 0 Å². The highest BCUT2D eigenvalue weighted by atomic mass is 35.5. The first-order valence-electron chi connectivity index (χ1n) is 9.40. The zero-order chi connectivity index (χ0) is 21.7. The van der Waals surface area contributed by atoms with E-state index in [-0.39, 0.29) is 17.5 Å². The topological polar surface area (TPSA) is 55.8 Å². The minimum Gasteiger partial charge on any atom is -0.493 e. The van der Waals surface area contributed by atoms with Crippen molar-refractivity contribution >= 4 is 21.6 Å². The third-order valence-corrected chi connectivity index (χ3v) is 7.10. The Labute approximate surface area is 182 Å². The zero-order valence-corrected chi connectivity index (χ0v) is 18.7. The van der Waals surface area contributed by atoms with Crippen molar-refractivity contribution in [2.24, 2.45) is 0 Å². The number of sulfonamides is 1. The van der Waals surface area contributed by atoms with Crippen LogP contribution < -0.4 is 9.47 Å². The van der Waals surface area contributed by atoms with Gasteiger partial charge in [-0.15, -0.1) is 0 Å². The van der Waals surface area contributed by atoms with Gasteiger partial charge in [-0.05, 0) is 54.4 Å². The summed E-state index contributed by atoms with van der Waals surface area (Å²) in [6, 6.07) is 20.8. The van der Waals surface area contributed by atoms with Gasteiger partial charge in [0.2, 0.25) is 10.0 Å². The van der Waals surface area contributed by atoms with Gasteiger partial charge in [0, 0.05) is 17.6 Å². The Kier molecular flexibility index (Phi) is 7.02. The molecule has 0 aliphatic carbocycles. The molecule has 30 heavy (non-hydrogen) atoms. The highest BCUT2D eigenvalue weighted by Crippen LogP contribution is 2.33. The number of methoxy groups -OCH3 is 2. The number of halogens is 1. The molecular weight excluding hydrogens is 422 g/mol. The summed E-state index contributed by atoms with van der Waals surface area (Å²) in [6.07, 6.45) is 0. The fraction of sp³-hybridized carbons (Fsp3) is 0.217. The Morgan fingerprint density at radius 3 is 2.13 bits per heavy atom. The molecule has 0 spiro atoms. The van der Waals surface area contributed by atoms with E-state index in [1.807, 2.05) is 43.3 Å². The molecule has 5 nitrogen and oxygen atoms in total. The van der Waals surface area contributed by atoms with Crippen molar-refractivity contribution in [3.63, 3.8) is 0 Å². The molecule has 0 saturated carbocycles.